The minimum absolute atomic E-state index is 0.404. The molecule has 0 aromatic carbocycles. The van der Waals surface area contributed by atoms with Gasteiger partial charge in [0.1, 0.15) is 0 Å². The van der Waals surface area contributed by atoms with Gasteiger partial charge in [0.2, 0.25) is 0 Å². The highest BCUT2D eigenvalue weighted by molar-refractivity contribution is 7.91. The molecule has 106 valence electrons. The molecule has 0 bridgehead atoms. The Hall–Kier alpha value is -0.0900. The van der Waals surface area contributed by atoms with Crippen LogP contribution in [0.1, 0.15) is 51.9 Å². The molecule has 2 atom stereocenters. The maximum Gasteiger partial charge on any atom is 0.150 e. The Morgan fingerprint density at radius 1 is 1.17 bits per heavy atom. The van der Waals surface area contributed by atoms with Gasteiger partial charge in [-0.1, -0.05) is 26.2 Å². The molecule has 0 aromatic rings. The van der Waals surface area contributed by atoms with E-state index in [9.17, 15) is 8.42 Å². The van der Waals surface area contributed by atoms with E-state index in [1.807, 2.05) is 0 Å². The first kappa shape index (κ1) is 14.3. The van der Waals surface area contributed by atoms with Crippen molar-refractivity contribution in [1.29, 1.82) is 0 Å². The average molecular weight is 273 g/mol. The van der Waals surface area contributed by atoms with Crippen molar-refractivity contribution in [2.75, 3.05) is 18.1 Å². The first-order chi connectivity index (χ1) is 8.61. The van der Waals surface area contributed by atoms with Crippen molar-refractivity contribution in [2.45, 2.75) is 57.9 Å². The van der Waals surface area contributed by atoms with Gasteiger partial charge in [-0.2, -0.15) is 0 Å². The highest BCUT2D eigenvalue weighted by atomic mass is 32.2. The largest absolute Gasteiger partial charge is 0.314 e. The number of nitrogens with one attached hydrogen (secondary N) is 1. The van der Waals surface area contributed by atoms with Crippen LogP contribution in [0.25, 0.3) is 0 Å². The molecule has 18 heavy (non-hydrogen) atoms. The molecule has 3 nitrogen and oxygen atoms in total. The summed E-state index contributed by atoms with van der Waals surface area (Å²) in [6.45, 7) is 3.15. The van der Waals surface area contributed by atoms with E-state index in [-0.39, 0.29) is 0 Å². The van der Waals surface area contributed by atoms with Gasteiger partial charge in [0, 0.05) is 6.04 Å². The van der Waals surface area contributed by atoms with E-state index in [0.29, 0.717) is 23.5 Å². The van der Waals surface area contributed by atoms with Crippen LogP contribution in [0.15, 0.2) is 0 Å². The van der Waals surface area contributed by atoms with E-state index >= 15 is 0 Å². The van der Waals surface area contributed by atoms with E-state index in [0.717, 1.165) is 25.3 Å². The summed E-state index contributed by atoms with van der Waals surface area (Å²) in [7, 11) is -2.71. The molecule has 1 N–H and O–H groups in total. The van der Waals surface area contributed by atoms with Crippen molar-refractivity contribution in [3.05, 3.63) is 0 Å². The van der Waals surface area contributed by atoms with Crippen molar-refractivity contribution >= 4 is 9.84 Å². The normalized spacial score (nSPS) is 30.4. The molecule has 0 spiro atoms. The predicted octanol–water partition coefficient (Wildman–Crippen LogP) is 2.37. The van der Waals surface area contributed by atoms with E-state index in [1.54, 1.807) is 0 Å². The molecular formula is C14H27NO2S. The predicted molar refractivity (Wildman–Crippen MR) is 75.4 cm³/mol. The van der Waals surface area contributed by atoms with Gasteiger partial charge in [0.15, 0.2) is 9.84 Å². The van der Waals surface area contributed by atoms with Crippen LogP contribution in [-0.4, -0.2) is 32.5 Å². The summed E-state index contributed by atoms with van der Waals surface area (Å²) in [5, 5.41) is 3.61. The summed E-state index contributed by atoms with van der Waals surface area (Å²) < 4.78 is 23.1. The lowest BCUT2D eigenvalue weighted by molar-refractivity contribution is 0.241. The van der Waals surface area contributed by atoms with Gasteiger partial charge in [0.25, 0.3) is 0 Å². The summed E-state index contributed by atoms with van der Waals surface area (Å²) in [5.74, 6) is 2.03. The van der Waals surface area contributed by atoms with Crippen LogP contribution < -0.4 is 5.32 Å². The molecule has 1 aliphatic heterocycles. The van der Waals surface area contributed by atoms with Gasteiger partial charge < -0.3 is 5.32 Å². The standard InChI is InChI=1S/C14H27NO2S/c1-2-15-14(13-6-4-3-5-7-13)10-12-8-9-18(16,17)11-12/h12-15H,2-11H2,1H3. The van der Waals surface area contributed by atoms with Crippen LogP contribution >= 0.6 is 0 Å². The van der Waals surface area contributed by atoms with Crippen molar-refractivity contribution in [3.8, 4) is 0 Å². The topological polar surface area (TPSA) is 46.2 Å². The molecule has 1 heterocycles. The summed E-state index contributed by atoms with van der Waals surface area (Å²) in [6, 6.07) is 0.550. The average Bonchev–Trinajstić information content (AvgIpc) is 2.69. The molecule has 0 aromatic heterocycles. The third-order valence-corrected chi connectivity index (χ3v) is 6.44. The Balaban J connectivity index is 1.89. The van der Waals surface area contributed by atoms with Gasteiger partial charge in [0.05, 0.1) is 11.5 Å². The Morgan fingerprint density at radius 3 is 2.44 bits per heavy atom. The van der Waals surface area contributed by atoms with Gasteiger partial charge in [-0.15, -0.1) is 0 Å². The maximum atomic E-state index is 11.5. The molecule has 0 radical (unpaired) electrons. The molecule has 0 amide bonds. The quantitative estimate of drug-likeness (QED) is 0.836. The van der Waals surface area contributed by atoms with Crippen molar-refractivity contribution < 1.29 is 8.42 Å². The van der Waals surface area contributed by atoms with E-state index in [4.69, 9.17) is 0 Å². The Bertz CT molecular complexity index is 347. The lowest BCUT2D eigenvalue weighted by Crippen LogP contribution is -2.39. The summed E-state index contributed by atoms with van der Waals surface area (Å²) in [4.78, 5) is 0. The fraction of sp³-hybridized carbons (Fsp3) is 1.00. The van der Waals surface area contributed by atoms with Crippen molar-refractivity contribution in [3.63, 3.8) is 0 Å². The second kappa shape index (κ2) is 6.38. The maximum absolute atomic E-state index is 11.5. The lowest BCUT2D eigenvalue weighted by atomic mass is 9.80. The molecule has 2 unspecified atom stereocenters. The fourth-order valence-electron chi connectivity index (χ4n) is 3.66. The molecule has 2 rings (SSSR count). The van der Waals surface area contributed by atoms with E-state index in [2.05, 4.69) is 12.2 Å². The Morgan fingerprint density at radius 2 is 1.89 bits per heavy atom. The molecule has 1 saturated carbocycles. The SMILES string of the molecule is CCNC(CC1CCS(=O)(=O)C1)C1CCCCC1. The van der Waals surface area contributed by atoms with Crippen LogP contribution in [0.2, 0.25) is 0 Å². The number of hydrogen-bond donors (Lipinski definition) is 1. The highest BCUT2D eigenvalue weighted by Crippen LogP contribution is 2.31. The zero-order valence-corrected chi connectivity index (χ0v) is 12.3. The van der Waals surface area contributed by atoms with Crippen LogP contribution in [0.5, 0.6) is 0 Å². The first-order valence-corrected chi connectivity index (χ1v) is 9.36. The monoisotopic (exact) mass is 273 g/mol. The second-order valence-corrected chi connectivity index (χ2v) is 8.30. The zero-order valence-electron chi connectivity index (χ0n) is 11.5. The lowest BCUT2D eigenvalue weighted by Gasteiger charge is -2.32. The third kappa shape index (κ3) is 3.95. The van der Waals surface area contributed by atoms with Crippen LogP contribution in [0.4, 0.5) is 0 Å². The van der Waals surface area contributed by atoms with E-state index < -0.39 is 9.84 Å². The summed E-state index contributed by atoms with van der Waals surface area (Å²) >= 11 is 0. The molecule has 4 heteroatoms. The summed E-state index contributed by atoms with van der Waals surface area (Å²) in [5.41, 5.74) is 0. The Kier molecular flexibility index (Phi) is 5.07. The minimum atomic E-state index is -2.71. The van der Waals surface area contributed by atoms with E-state index in [1.165, 1.54) is 32.1 Å². The fourth-order valence-corrected chi connectivity index (χ4v) is 5.54. The zero-order chi connectivity index (χ0) is 13.0. The molecular weight excluding hydrogens is 246 g/mol. The number of hydrogen-bond acceptors (Lipinski definition) is 3. The van der Waals surface area contributed by atoms with Gasteiger partial charge in [-0.3, -0.25) is 0 Å². The van der Waals surface area contributed by atoms with Gasteiger partial charge >= 0.3 is 0 Å². The van der Waals surface area contributed by atoms with Crippen LogP contribution in [0.3, 0.4) is 0 Å². The third-order valence-electron chi connectivity index (χ3n) is 4.60. The number of sulfone groups is 1. The number of rotatable bonds is 5. The highest BCUT2D eigenvalue weighted by Gasteiger charge is 2.32. The van der Waals surface area contributed by atoms with Crippen LogP contribution in [-0.2, 0) is 9.84 Å². The molecule has 1 saturated heterocycles. The molecule has 2 aliphatic rings. The van der Waals surface area contributed by atoms with Gasteiger partial charge in [-0.05, 0) is 44.1 Å². The first-order valence-electron chi connectivity index (χ1n) is 7.54. The molecule has 2 fully saturated rings. The van der Waals surface area contributed by atoms with Crippen molar-refractivity contribution in [1.82, 2.24) is 5.32 Å². The second-order valence-electron chi connectivity index (χ2n) is 6.07. The minimum Gasteiger partial charge on any atom is -0.314 e. The van der Waals surface area contributed by atoms with Crippen molar-refractivity contribution in [2.24, 2.45) is 11.8 Å². The smallest absolute Gasteiger partial charge is 0.150 e. The molecule has 1 aliphatic carbocycles. The van der Waals surface area contributed by atoms with Crippen LogP contribution in [0, 0.1) is 11.8 Å². The summed E-state index contributed by atoms with van der Waals surface area (Å²) in [6.07, 6.45) is 8.71. The Labute approximate surface area is 112 Å². The van der Waals surface area contributed by atoms with Gasteiger partial charge in [-0.25, -0.2) is 8.42 Å².